The molecule has 3 amide bonds. The molecule has 1 heterocycles. The highest BCUT2D eigenvalue weighted by atomic mass is 19.1. The van der Waals surface area contributed by atoms with E-state index in [0.29, 0.717) is 5.82 Å². The van der Waals surface area contributed by atoms with Gasteiger partial charge in [-0.25, -0.2) is 18.6 Å². The van der Waals surface area contributed by atoms with Crippen LogP contribution in [-0.4, -0.2) is 85.3 Å². The minimum Gasteiger partial charge on any atom is -0.465 e. The molecule has 11 nitrogen and oxygen atoms in total. The highest BCUT2D eigenvalue weighted by Crippen LogP contribution is 2.40. The number of nitrogens with zero attached hydrogens (tertiary/aromatic N) is 4. The number of nitrogens with one attached hydrogen (secondary N) is 1. The van der Waals surface area contributed by atoms with E-state index in [0.717, 1.165) is 28.7 Å². The zero-order chi connectivity index (χ0) is 35.1. The molecule has 2 atom stereocenters. The Balaban J connectivity index is 2.19. The number of carboxylic acid groups (broad SMARTS) is 1. The first-order valence-corrected chi connectivity index (χ1v) is 15.5. The number of halogens is 2. The predicted octanol–water partition coefficient (Wildman–Crippen LogP) is 4.40. The summed E-state index contributed by atoms with van der Waals surface area (Å²) in [5, 5.41) is 22.9. The quantitative estimate of drug-likeness (QED) is 0.213. The van der Waals surface area contributed by atoms with Crippen LogP contribution in [0.1, 0.15) is 65.4 Å². The summed E-state index contributed by atoms with van der Waals surface area (Å²) in [6, 6.07) is 10.4. The minimum absolute atomic E-state index is 0.0651. The molecule has 5 N–H and O–H groups in total. The molecule has 0 radical (unpaired) electrons. The van der Waals surface area contributed by atoms with Gasteiger partial charge in [0.2, 0.25) is 11.8 Å². The van der Waals surface area contributed by atoms with Gasteiger partial charge < -0.3 is 30.7 Å². The number of carbonyl (C=O) groups excluding carboxylic acids is 2. The number of imidazole rings is 1. The fourth-order valence-corrected chi connectivity index (χ4v) is 5.70. The summed E-state index contributed by atoms with van der Waals surface area (Å²) in [5.74, 6) is -2.26. The molecule has 0 aliphatic carbocycles. The average molecular weight is 657 g/mol. The second kappa shape index (κ2) is 15.5. The van der Waals surface area contributed by atoms with Gasteiger partial charge in [0.1, 0.15) is 30.1 Å². The van der Waals surface area contributed by atoms with Crippen LogP contribution in [0.2, 0.25) is 0 Å². The second-order valence-corrected chi connectivity index (χ2v) is 13.4. The van der Waals surface area contributed by atoms with Gasteiger partial charge in [0.15, 0.2) is 0 Å². The maximum Gasteiger partial charge on any atom is 0.408 e. The van der Waals surface area contributed by atoms with E-state index in [-0.39, 0.29) is 43.9 Å². The first kappa shape index (κ1) is 37.1. The highest BCUT2D eigenvalue weighted by molar-refractivity contribution is 5.86. The molecule has 256 valence electrons. The van der Waals surface area contributed by atoms with E-state index in [4.69, 9.17) is 10.7 Å². The van der Waals surface area contributed by atoms with Crippen molar-refractivity contribution in [1.82, 2.24) is 24.7 Å². The summed E-state index contributed by atoms with van der Waals surface area (Å²) in [6.45, 7) is 10.1. The van der Waals surface area contributed by atoms with Crippen LogP contribution in [0.3, 0.4) is 0 Å². The van der Waals surface area contributed by atoms with Crippen molar-refractivity contribution >= 4 is 17.9 Å². The minimum atomic E-state index is -1.32. The Morgan fingerprint density at radius 1 is 1.04 bits per heavy atom. The van der Waals surface area contributed by atoms with Gasteiger partial charge in [0.25, 0.3) is 0 Å². The number of hydrogen-bond donors (Lipinski definition) is 4. The van der Waals surface area contributed by atoms with E-state index in [1.54, 1.807) is 31.5 Å². The lowest BCUT2D eigenvalue weighted by Gasteiger charge is -2.42. The van der Waals surface area contributed by atoms with Crippen molar-refractivity contribution in [2.24, 2.45) is 11.1 Å². The summed E-state index contributed by atoms with van der Waals surface area (Å²) in [5.41, 5.74) is 4.80. The van der Waals surface area contributed by atoms with E-state index < -0.39 is 59.2 Å². The number of amides is 3. The number of aliphatic hydroxyl groups excluding tert-OH is 1. The molecular formula is C34H46F2N6O5. The topological polar surface area (TPSA) is 154 Å². The zero-order valence-electron chi connectivity index (χ0n) is 27.8. The van der Waals surface area contributed by atoms with E-state index in [1.165, 1.54) is 4.90 Å². The number of carbonyl (C=O) groups is 3. The van der Waals surface area contributed by atoms with Crippen LogP contribution in [0, 0.1) is 17.0 Å². The van der Waals surface area contributed by atoms with Crippen molar-refractivity contribution in [2.45, 2.75) is 72.1 Å². The predicted molar refractivity (Wildman–Crippen MR) is 174 cm³/mol. The highest BCUT2D eigenvalue weighted by Gasteiger charge is 2.41. The van der Waals surface area contributed by atoms with Crippen LogP contribution in [0.4, 0.5) is 13.6 Å². The summed E-state index contributed by atoms with van der Waals surface area (Å²) in [6.07, 6.45) is 0.149. The molecule has 0 saturated carbocycles. The third-order valence-electron chi connectivity index (χ3n) is 7.67. The van der Waals surface area contributed by atoms with Gasteiger partial charge in [-0.1, -0.05) is 51.1 Å². The molecule has 0 saturated heterocycles. The molecule has 0 fully saturated rings. The summed E-state index contributed by atoms with van der Waals surface area (Å²) in [4.78, 5) is 46.5. The Bertz CT molecular complexity index is 1530. The van der Waals surface area contributed by atoms with Gasteiger partial charge >= 0.3 is 6.09 Å². The largest absolute Gasteiger partial charge is 0.465 e. The number of nitrogens with two attached hydrogens (primary N) is 1. The Morgan fingerprint density at radius 2 is 1.70 bits per heavy atom. The first-order valence-electron chi connectivity index (χ1n) is 15.5. The Hall–Kier alpha value is -4.36. The average Bonchev–Trinajstić information content (AvgIpc) is 3.39. The normalized spacial score (nSPS) is 13.1. The number of rotatable bonds is 13. The maximum absolute atomic E-state index is 15.0. The Morgan fingerprint density at radius 3 is 2.26 bits per heavy atom. The van der Waals surface area contributed by atoms with Gasteiger partial charge in [-0.3, -0.25) is 14.5 Å². The van der Waals surface area contributed by atoms with Crippen molar-refractivity contribution in [3.05, 3.63) is 77.8 Å². The molecule has 0 bridgehead atoms. The lowest BCUT2D eigenvalue weighted by atomic mass is 9.84. The van der Waals surface area contributed by atoms with Crippen molar-refractivity contribution in [3.63, 3.8) is 0 Å². The molecule has 0 aliphatic rings. The number of hydrogen-bond acceptors (Lipinski definition) is 6. The van der Waals surface area contributed by atoms with E-state index >= 15 is 0 Å². The molecule has 3 aromatic rings. The summed E-state index contributed by atoms with van der Waals surface area (Å²) >= 11 is 0. The fraction of sp³-hybridized carbons (Fsp3) is 0.471. The number of benzene rings is 2. The first-order chi connectivity index (χ1) is 22.0. The van der Waals surface area contributed by atoms with Crippen molar-refractivity contribution in [3.8, 4) is 11.3 Å². The number of aromatic nitrogens is 2. The van der Waals surface area contributed by atoms with Crippen LogP contribution < -0.4 is 11.1 Å². The Kier molecular flexibility index (Phi) is 12.2. The molecule has 13 heteroatoms. The SMILES string of the molecule is CC(C)(C)C(c1nc(-c2cc(F)ccc2F)cn1Cc1ccccc1)N(CCC(C(=O)NCCN)N(C(=O)O)C(C)(C)C)C(=O)CO. The third kappa shape index (κ3) is 9.35. The van der Waals surface area contributed by atoms with Gasteiger partial charge in [0, 0.05) is 43.5 Å². The third-order valence-corrected chi connectivity index (χ3v) is 7.67. The lowest BCUT2D eigenvalue weighted by molar-refractivity contribution is -0.141. The smallest absolute Gasteiger partial charge is 0.408 e. The number of aliphatic hydroxyl groups is 1. The molecule has 0 aliphatic heterocycles. The Labute approximate surface area is 274 Å². The molecule has 3 rings (SSSR count). The molecule has 2 unspecified atom stereocenters. The maximum atomic E-state index is 15.0. The standard InChI is InChI=1S/C34H46F2N6O5/c1-33(2,3)29(41(28(44)21-43)17-14-27(31(45)38-16-15-37)42(32(46)47)34(4,5)6)30-39-26(24-18-23(35)12-13-25(24)36)20-40(30)19-22-10-8-7-9-11-22/h7-13,18,20,27,29,43H,14-17,19,21,37H2,1-6H3,(H,38,45)(H,46,47). The van der Waals surface area contributed by atoms with E-state index in [2.05, 4.69) is 5.32 Å². The van der Waals surface area contributed by atoms with Crippen molar-refractivity contribution in [1.29, 1.82) is 0 Å². The van der Waals surface area contributed by atoms with E-state index in [9.17, 15) is 33.4 Å². The molecule has 2 aromatic carbocycles. The van der Waals surface area contributed by atoms with Gasteiger partial charge in [0.05, 0.1) is 11.7 Å². The molecular weight excluding hydrogens is 610 g/mol. The monoisotopic (exact) mass is 656 g/mol. The van der Waals surface area contributed by atoms with Gasteiger partial charge in [-0.15, -0.1) is 0 Å². The molecule has 47 heavy (non-hydrogen) atoms. The molecule has 0 spiro atoms. The fourth-order valence-electron chi connectivity index (χ4n) is 5.70. The lowest BCUT2D eigenvalue weighted by Crippen LogP contribution is -2.58. The summed E-state index contributed by atoms with van der Waals surface area (Å²) in [7, 11) is 0. The van der Waals surface area contributed by atoms with Crippen LogP contribution >= 0.6 is 0 Å². The summed E-state index contributed by atoms with van der Waals surface area (Å²) < 4.78 is 31.0. The molecule has 1 aromatic heterocycles. The second-order valence-electron chi connectivity index (χ2n) is 13.4. The van der Waals surface area contributed by atoms with E-state index in [1.807, 2.05) is 51.1 Å². The van der Waals surface area contributed by atoms with Gasteiger partial charge in [-0.05, 0) is 56.4 Å². The van der Waals surface area contributed by atoms with Crippen molar-refractivity contribution < 1.29 is 33.4 Å². The van der Waals surface area contributed by atoms with Crippen LogP contribution in [0.25, 0.3) is 11.3 Å². The zero-order valence-corrected chi connectivity index (χ0v) is 27.8. The van der Waals surface area contributed by atoms with Crippen LogP contribution in [-0.2, 0) is 16.1 Å². The van der Waals surface area contributed by atoms with Crippen LogP contribution in [0.15, 0.2) is 54.7 Å². The van der Waals surface area contributed by atoms with Crippen molar-refractivity contribution in [2.75, 3.05) is 26.2 Å². The van der Waals surface area contributed by atoms with Crippen LogP contribution in [0.5, 0.6) is 0 Å². The van der Waals surface area contributed by atoms with Gasteiger partial charge in [-0.2, -0.15) is 0 Å².